The average molecular weight is 419 g/mol. The predicted octanol–water partition coefficient (Wildman–Crippen LogP) is 4.80. The van der Waals surface area contributed by atoms with Crippen LogP contribution in [0.25, 0.3) is 17.2 Å². The maximum atomic E-state index is 12.3. The van der Waals surface area contributed by atoms with Crippen molar-refractivity contribution in [2.45, 2.75) is 13.1 Å². The van der Waals surface area contributed by atoms with E-state index in [9.17, 15) is 4.79 Å². The number of carbonyl (C=O) groups excluding carboxylic acids is 1. The molecule has 5 nitrogen and oxygen atoms in total. The average Bonchev–Trinajstić information content (AvgIpc) is 3.35. The highest BCUT2D eigenvalue weighted by Gasteiger charge is 2.06. The van der Waals surface area contributed by atoms with Crippen LogP contribution in [0.2, 0.25) is 0 Å². The normalized spacial score (nSPS) is 10.7. The van der Waals surface area contributed by atoms with Crippen molar-refractivity contribution in [2.24, 2.45) is 0 Å². The largest absolute Gasteiger partial charge is 0.348 e. The molecule has 3 aromatic carbocycles. The van der Waals surface area contributed by atoms with Gasteiger partial charge in [-0.2, -0.15) is 10.4 Å². The minimum Gasteiger partial charge on any atom is -0.348 e. The number of benzene rings is 3. The van der Waals surface area contributed by atoms with Gasteiger partial charge in [0.15, 0.2) is 0 Å². The molecular formula is C27H22N4O. The van der Waals surface area contributed by atoms with Crippen LogP contribution in [0.4, 0.5) is 0 Å². The molecule has 156 valence electrons. The lowest BCUT2D eigenvalue weighted by Gasteiger charge is -2.11. The summed E-state index contributed by atoms with van der Waals surface area (Å²) in [5.74, 6) is -0.206. The zero-order chi connectivity index (χ0) is 22.2. The first kappa shape index (κ1) is 20.8. The van der Waals surface area contributed by atoms with Crippen molar-refractivity contribution in [2.75, 3.05) is 0 Å². The molecule has 0 aliphatic carbocycles. The number of nitrogens with one attached hydrogen (secondary N) is 1. The fourth-order valence-electron chi connectivity index (χ4n) is 3.48. The molecule has 0 spiro atoms. The van der Waals surface area contributed by atoms with Crippen LogP contribution in [0, 0.1) is 11.3 Å². The quantitative estimate of drug-likeness (QED) is 0.438. The second kappa shape index (κ2) is 10.1. The first-order valence-electron chi connectivity index (χ1n) is 10.3. The number of nitriles is 1. The summed E-state index contributed by atoms with van der Waals surface area (Å²) in [6.07, 6.45) is 6.84. The number of carbonyl (C=O) groups is 1. The molecule has 1 aromatic heterocycles. The summed E-state index contributed by atoms with van der Waals surface area (Å²) in [6.45, 7) is 1.14. The summed E-state index contributed by atoms with van der Waals surface area (Å²) >= 11 is 0. The molecule has 0 fully saturated rings. The molecule has 0 saturated heterocycles. The van der Waals surface area contributed by atoms with Crippen LogP contribution in [0.15, 0.2) is 97.3 Å². The maximum absolute atomic E-state index is 12.3. The standard InChI is InChI=1S/C27H22N4O/c28-18-24-7-2-1-6-22(24)14-15-27(32)29-19-25-8-3-4-9-26(25)23-12-10-21(11-13-23)20-31-17-5-16-30-31/h1-17H,19-20H2,(H,29,32)/b15-14-. The van der Waals surface area contributed by atoms with Crippen LogP contribution < -0.4 is 5.32 Å². The molecular weight excluding hydrogens is 396 g/mol. The fourth-order valence-corrected chi connectivity index (χ4v) is 3.48. The molecule has 1 heterocycles. The van der Waals surface area contributed by atoms with Crippen molar-refractivity contribution >= 4 is 12.0 Å². The van der Waals surface area contributed by atoms with E-state index in [2.05, 4.69) is 46.8 Å². The van der Waals surface area contributed by atoms with Gasteiger partial charge in [0, 0.05) is 25.0 Å². The Labute approximate surface area is 187 Å². The lowest BCUT2D eigenvalue weighted by molar-refractivity contribution is -0.116. The molecule has 5 heteroatoms. The molecule has 0 aliphatic rings. The van der Waals surface area contributed by atoms with Crippen LogP contribution in [0.1, 0.15) is 22.3 Å². The predicted molar refractivity (Wildman–Crippen MR) is 125 cm³/mol. The Kier molecular flexibility index (Phi) is 6.54. The smallest absolute Gasteiger partial charge is 0.244 e. The van der Waals surface area contributed by atoms with E-state index >= 15 is 0 Å². The SMILES string of the molecule is N#Cc1ccccc1/C=C\C(=O)NCc1ccccc1-c1ccc(Cn2cccn2)cc1. The Morgan fingerprint density at radius 2 is 1.78 bits per heavy atom. The Morgan fingerprint density at radius 3 is 2.56 bits per heavy atom. The van der Waals surface area contributed by atoms with E-state index in [0.29, 0.717) is 12.1 Å². The molecule has 0 aliphatic heterocycles. The van der Waals surface area contributed by atoms with Crippen molar-refractivity contribution < 1.29 is 4.79 Å². The highest BCUT2D eigenvalue weighted by molar-refractivity contribution is 5.92. The number of hydrogen-bond acceptors (Lipinski definition) is 3. The summed E-state index contributed by atoms with van der Waals surface area (Å²) in [5, 5.41) is 16.4. The minimum atomic E-state index is -0.206. The second-order valence-corrected chi connectivity index (χ2v) is 7.31. The van der Waals surface area contributed by atoms with Gasteiger partial charge >= 0.3 is 0 Å². The van der Waals surface area contributed by atoms with Gasteiger partial charge in [0.05, 0.1) is 18.2 Å². The third kappa shape index (κ3) is 5.18. The monoisotopic (exact) mass is 418 g/mol. The maximum Gasteiger partial charge on any atom is 0.244 e. The van der Waals surface area contributed by atoms with Gasteiger partial charge in [-0.1, -0.05) is 66.7 Å². The summed E-state index contributed by atoms with van der Waals surface area (Å²) in [4.78, 5) is 12.3. The number of hydrogen-bond donors (Lipinski definition) is 1. The third-order valence-electron chi connectivity index (χ3n) is 5.13. The minimum absolute atomic E-state index is 0.206. The van der Waals surface area contributed by atoms with Crippen molar-refractivity contribution in [3.8, 4) is 17.2 Å². The molecule has 32 heavy (non-hydrogen) atoms. The van der Waals surface area contributed by atoms with E-state index in [4.69, 9.17) is 5.26 Å². The van der Waals surface area contributed by atoms with Gasteiger partial charge in [-0.3, -0.25) is 9.48 Å². The van der Waals surface area contributed by atoms with Gasteiger partial charge in [-0.25, -0.2) is 0 Å². The van der Waals surface area contributed by atoms with E-state index in [0.717, 1.165) is 28.8 Å². The van der Waals surface area contributed by atoms with Crippen LogP contribution >= 0.6 is 0 Å². The van der Waals surface area contributed by atoms with E-state index in [1.54, 1.807) is 24.4 Å². The molecule has 1 N–H and O–H groups in total. The van der Waals surface area contributed by atoms with E-state index < -0.39 is 0 Å². The van der Waals surface area contributed by atoms with Gasteiger partial charge in [-0.15, -0.1) is 0 Å². The highest BCUT2D eigenvalue weighted by Crippen LogP contribution is 2.24. The summed E-state index contributed by atoms with van der Waals surface area (Å²) < 4.78 is 1.89. The Balaban J connectivity index is 1.43. The van der Waals surface area contributed by atoms with E-state index in [-0.39, 0.29) is 5.91 Å². The molecule has 1 amide bonds. The topological polar surface area (TPSA) is 70.7 Å². The Morgan fingerprint density at radius 1 is 1.00 bits per heavy atom. The lowest BCUT2D eigenvalue weighted by atomic mass is 9.98. The van der Waals surface area contributed by atoms with Gasteiger partial charge in [-0.05, 0) is 46.0 Å². The zero-order valence-electron chi connectivity index (χ0n) is 17.5. The first-order valence-corrected chi connectivity index (χ1v) is 10.3. The molecule has 0 unspecified atom stereocenters. The van der Waals surface area contributed by atoms with Crippen LogP contribution in [0.3, 0.4) is 0 Å². The molecule has 4 rings (SSSR count). The fraction of sp³-hybridized carbons (Fsp3) is 0.0741. The first-order chi connectivity index (χ1) is 15.7. The summed E-state index contributed by atoms with van der Waals surface area (Å²) in [5.41, 5.74) is 5.64. The molecule has 4 aromatic rings. The van der Waals surface area contributed by atoms with Crippen LogP contribution in [-0.4, -0.2) is 15.7 Å². The number of rotatable bonds is 7. The summed E-state index contributed by atoms with van der Waals surface area (Å²) in [6, 6.07) is 27.7. The molecule has 0 radical (unpaired) electrons. The van der Waals surface area contributed by atoms with E-state index in [1.807, 2.05) is 47.3 Å². The molecule has 0 atom stereocenters. The number of aromatic nitrogens is 2. The van der Waals surface area contributed by atoms with Gasteiger partial charge in [0.2, 0.25) is 5.91 Å². The van der Waals surface area contributed by atoms with Crippen molar-refractivity contribution in [3.05, 3.63) is 120 Å². The van der Waals surface area contributed by atoms with Crippen LogP contribution in [0.5, 0.6) is 0 Å². The number of amides is 1. The third-order valence-corrected chi connectivity index (χ3v) is 5.13. The van der Waals surface area contributed by atoms with Crippen molar-refractivity contribution in [1.82, 2.24) is 15.1 Å². The highest BCUT2D eigenvalue weighted by atomic mass is 16.1. The van der Waals surface area contributed by atoms with Gasteiger partial charge < -0.3 is 5.32 Å². The second-order valence-electron chi connectivity index (χ2n) is 7.31. The lowest BCUT2D eigenvalue weighted by Crippen LogP contribution is -2.20. The molecule has 0 saturated carbocycles. The number of nitrogens with zero attached hydrogens (tertiary/aromatic N) is 3. The van der Waals surface area contributed by atoms with E-state index in [1.165, 1.54) is 11.6 Å². The van der Waals surface area contributed by atoms with Crippen molar-refractivity contribution in [3.63, 3.8) is 0 Å². The summed E-state index contributed by atoms with van der Waals surface area (Å²) in [7, 11) is 0. The van der Waals surface area contributed by atoms with Gasteiger partial charge in [0.1, 0.15) is 0 Å². The van der Waals surface area contributed by atoms with Crippen LogP contribution in [-0.2, 0) is 17.9 Å². The Hall–Kier alpha value is -4.43. The Bertz CT molecular complexity index is 1270. The molecule has 0 bridgehead atoms. The van der Waals surface area contributed by atoms with Crippen molar-refractivity contribution in [1.29, 1.82) is 5.26 Å². The zero-order valence-corrected chi connectivity index (χ0v) is 17.5. The van der Waals surface area contributed by atoms with Gasteiger partial charge in [0.25, 0.3) is 0 Å².